The van der Waals surface area contributed by atoms with Crippen molar-refractivity contribution in [3.63, 3.8) is 0 Å². The fraction of sp³-hybridized carbons (Fsp3) is 0.100. The van der Waals surface area contributed by atoms with E-state index in [1.807, 2.05) is 37.3 Å². The Hall–Kier alpha value is -1.57. The molecule has 0 fully saturated rings. The van der Waals surface area contributed by atoms with Gasteiger partial charge in [0.25, 0.3) is 0 Å². The van der Waals surface area contributed by atoms with E-state index in [0.717, 1.165) is 11.4 Å². The maximum absolute atomic E-state index is 4.06. The Morgan fingerprint density at radius 3 is 2.67 bits per heavy atom. The van der Waals surface area contributed by atoms with Gasteiger partial charge in [-0.25, -0.2) is 0 Å². The molecule has 12 heavy (non-hydrogen) atoms. The molecule has 0 aliphatic carbocycles. The molecule has 0 aliphatic heterocycles. The van der Waals surface area contributed by atoms with E-state index in [4.69, 9.17) is 0 Å². The number of hydrazone groups is 1. The highest BCUT2D eigenvalue weighted by Crippen LogP contribution is 2.04. The van der Waals surface area contributed by atoms with Crippen LogP contribution in [0.25, 0.3) is 0 Å². The van der Waals surface area contributed by atoms with Gasteiger partial charge in [-0.15, -0.1) is 0 Å². The summed E-state index contributed by atoms with van der Waals surface area (Å²) in [6, 6.07) is 9.80. The lowest BCUT2D eigenvalue weighted by Crippen LogP contribution is -1.92. The van der Waals surface area contributed by atoms with Gasteiger partial charge in [0.15, 0.2) is 0 Å². The van der Waals surface area contributed by atoms with Crippen molar-refractivity contribution < 1.29 is 0 Å². The molecule has 0 aliphatic rings. The SMILES string of the molecule is C=CC(C)=NNc1ccccc1. The monoisotopic (exact) mass is 160 g/mol. The van der Waals surface area contributed by atoms with Crippen molar-refractivity contribution in [1.82, 2.24) is 0 Å². The number of hydrogen-bond acceptors (Lipinski definition) is 2. The first-order valence-corrected chi connectivity index (χ1v) is 3.80. The molecular formula is C10H12N2. The second-order valence-electron chi connectivity index (χ2n) is 2.44. The molecule has 0 radical (unpaired) electrons. The maximum Gasteiger partial charge on any atom is 0.0570 e. The molecule has 0 atom stereocenters. The van der Waals surface area contributed by atoms with Crippen molar-refractivity contribution in [3.8, 4) is 0 Å². The van der Waals surface area contributed by atoms with Crippen molar-refractivity contribution in [2.75, 3.05) is 5.43 Å². The summed E-state index contributed by atoms with van der Waals surface area (Å²) >= 11 is 0. The Balaban J connectivity index is 2.60. The van der Waals surface area contributed by atoms with E-state index >= 15 is 0 Å². The third kappa shape index (κ3) is 2.58. The number of anilines is 1. The highest BCUT2D eigenvalue weighted by Gasteiger charge is 1.85. The normalized spacial score (nSPS) is 10.9. The minimum absolute atomic E-state index is 0.874. The molecule has 0 saturated heterocycles. The summed E-state index contributed by atoms with van der Waals surface area (Å²) in [7, 11) is 0. The standard InChI is InChI=1S/C10H12N2/c1-3-9(2)11-12-10-7-5-4-6-8-10/h3-8,12H,1H2,2H3. The Morgan fingerprint density at radius 1 is 1.42 bits per heavy atom. The van der Waals surface area contributed by atoms with Crippen LogP contribution in [0.4, 0.5) is 5.69 Å². The molecule has 0 saturated carbocycles. The maximum atomic E-state index is 4.06. The lowest BCUT2D eigenvalue weighted by atomic mass is 10.3. The van der Waals surface area contributed by atoms with Gasteiger partial charge < -0.3 is 0 Å². The van der Waals surface area contributed by atoms with Gasteiger partial charge in [0, 0.05) is 0 Å². The van der Waals surface area contributed by atoms with Crippen LogP contribution < -0.4 is 5.43 Å². The minimum atomic E-state index is 0.874. The Kier molecular flexibility index (Phi) is 3.08. The molecule has 1 rings (SSSR count). The first-order valence-electron chi connectivity index (χ1n) is 3.80. The summed E-state index contributed by atoms with van der Waals surface area (Å²) in [4.78, 5) is 0. The summed E-state index contributed by atoms with van der Waals surface area (Å²) in [6.07, 6.45) is 1.70. The van der Waals surface area contributed by atoms with E-state index in [0.29, 0.717) is 0 Å². The first kappa shape index (κ1) is 8.53. The van der Waals surface area contributed by atoms with Gasteiger partial charge in [0.1, 0.15) is 0 Å². The molecule has 0 bridgehead atoms. The van der Waals surface area contributed by atoms with Crippen LogP contribution in [-0.4, -0.2) is 5.71 Å². The van der Waals surface area contributed by atoms with E-state index in [1.165, 1.54) is 0 Å². The van der Waals surface area contributed by atoms with Crippen LogP contribution in [0.1, 0.15) is 6.92 Å². The van der Waals surface area contributed by atoms with E-state index < -0.39 is 0 Å². The zero-order valence-corrected chi connectivity index (χ0v) is 7.12. The zero-order valence-electron chi connectivity index (χ0n) is 7.12. The summed E-state index contributed by atoms with van der Waals surface area (Å²) in [5, 5.41) is 4.06. The van der Waals surface area contributed by atoms with Gasteiger partial charge in [-0.05, 0) is 25.1 Å². The van der Waals surface area contributed by atoms with E-state index in [9.17, 15) is 0 Å². The molecule has 0 aromatic heterocycles. The van der Waals surface area contributed by atoms with Crippen molar-refractivity contribution >= 4 is 11.4 Å². The molecule has 0 amide bonds. The molecule has 1 aromatic rings. The molecular weight excluding hydrogens is 148 g/mol. The molecule has 0 heterocycles. The Bertz CT molecular complexity index is 275. The second-order valence-corrected chi connectivity index (χ2v) is 2.44. The molecule has 62 valence electrons. The van der Waals surface area contributed by atoms with Crippen molar-refractivity contribution in [3.05, 3.63) is 43.0 Å². The number of hydrogen-bond donors (Lipinski definition) is 1. The summed E-state index contributed by atoms with van der Waals surface area (Å²) in [6.45, 7) is 5.49. The van der Waals surface area contributed by atoms with E-state index in [-0.39, 0.29) is 0 Å². The highest BCUT2D eigenvalue weighted by atomic mass is 15.3. The van der Waals surface area contributed by atoms with Crippen molar-refractivity contribution in [2.45, 2.75) is 6.92 Å². The quantitative estimate of drug-likeness (QED) is 0.533. The molecule has 1 aromatic carbocycles. The van der Waals surface area contributed by atoms with Gasteiger partial charge >= 0.3 is 0 Å². The predicted octanol–water partition coefficient (Wildman–Crippen LogP) is 2.66. The lowest BCUT2D eigenvalue weighted by molar-refractivity contribution is 1.33. The fourth-order valence-corrected chi connectivity index (χ4v) is 0.711. The van der Waals surface area contributed by atoms with E-state index in [1.54, 1.807) is 6.08 Å². The van der Waals surface area contributed by atoms with Gasteiger partial charge in [-0.2, -0.15) is 5.10 Å². The second kappa shape index (κ2) is 4.34. The smallest absolute Gasteiger partial charge is 0.0570 e. The summed E-state index contributed by atoms with van der Waals surface area (Å²) in [5.74, 6) is 0. The first-order chi connectivity index (χ1) is 5.83. The van der Waals surface area contributed by atoms with Crippen LogP contribution in [0.3, 0.4) is 0 Å². The summed E-state index contributed by atoms with van der Waals surface area (Å²) in [5.41, 5.74) is 4.77. The van der Waals surface area contributed by atoms with Gasteiger partial charge in [-0.3, -0.25) is 5.43 Å². The average molecular weight is 160 g/mol. The van der Waals surface area contributed by atoms with Crippen molar-refractivity contribution in [2.24, 2.45) is 5.10 Å². The average Bonchev–Trinajstić information content (AvgIpc) is 2.16. The largest absolute Gasteiger partial charge is 0.278 e. The third-order valence-electron chi connectivity index (χ3n) is 1.43. The molecule has 0 spiro atoms. The third-order valence-corrected chi connectivity index (χ3v) is 1.43. The van der Waals surface area contributed by atoms with Crippen LogP contribution in [0.2, 0.25) is 0 Å². The number of benzene rings is 1. The number of nitrogens with one attached hydrogen (secondary N) is 1. The Labute approximate surface area is 72.6 Å². The topological polar surface area (TPSA) is 24.4 Å². The number of rotatable bonds is 3. The van der Waals surface area contributed by atoms with Crippen LogP contribution in [0.15, 0.2) is 48.1 Å². The molecule has 0 unspecified atom stereocenters. The van der Waals surface area contributed by atoms with Gasteiger partial charge in [0.05, 0.1) is 11.4 Å². The summed E-state index contributed by atoms with van der Waals surface area (Å²) < 4.78 is 0. The number of allylic oxidation sites excluding steroid dienone is 1. The number of para-hydroxylation sites is 1. The van der Waals surface area contributed by atoms with Crippen LogP contribution in [0.5, 0.6) is 0 Å². The fourth-order valence-electron chi connectivity index (χ4n) is 0.711. The zero-order chi connectivity index (χ0) is 8.81. The van der Waals surface area contributed by atoms with Crippen molar-refractivity contribution in [1.29, 1.82) is 0 Å². The van der Waals surface area contributed by atoms with Gasteiger partial charge in [-0.1, -0.05) is 24.8 Å². The molecule has 2 nitrogen and oxygen atoms in total. The van der Waals surface area contributed by atoms with Crippen LogP contribution in [-0.2, 0) is 0 Å². The number of nitrogens with zero attached hydrogens (tertiary/aromatic N) is 1. The minimum Gasteiger partial charge on any atom is -0.278 e. The molecule has 2 heteroatoms. The van der Waals surface area contributed by atoms with Crippen LogP contribution in [0, 0.1) is 0 Å². The van der Waals surface area contributed by atoms with Gasteiger partial charge in [0.2, 0.25) is 0 Å². The lowest BCUT2D eigenvalue weighted by Gasteiger charge is -1.98. The highest BCUT2D eigenvalue weighted by molar-refractivity contribution is 5.92. The molecule has 1 N–H and O–H groups in total. The predicted molar refractivity (Wildman–Crippen MR) is 53.4 cm³/mol. The van der Waals surface area contributed by atoms with Crippen LogP contribution >= 0.6 is 0 Å². The Morgan fingerprint density at radius 2 is 2.08 bits per heavy atom. The van der Waals surface area contributed by atoms with E-state index in [2.05, 4.69) is 17.1 Å².